The van der Waals surface area contributed by atoms with Gasteiger partial charge in [0.2, 0.25) is 0 Å². The van der Waals surface area contributed by atoms with Crippen molar-refractivity contribution in [2.24, 2.45) is 5.41 Å². The molecule has 3 rings (SSSR count). The van der Waals surface area contributed by atoms with Crippen LogP contribution in [0.1, 0.15) is 19.3 Å². The zero-order valence-electron chi connectivity index (χ0n) is 9.11. The zero-order valence-corrected chi connectivity index (χ0v) is 9.93. The van der Waals surface area contributed by atoms with Crippen molar-refractivity contribution in [2.45, 2.75) is 24.5 Å². The maximum Gasteiger partial charge on any atom is 0.256 e. The van der Waals surface area contributed by atoms with Crippen LogP contribution in [-0.2, 0) is 0 Å². The second-order valence-corrected chi connectivity index (χ2v) is 5.52. The van der Waals surface area contributed by atoms with Crippen molar-refractivity contribution in [3.63, 3.8) is 0 Å². The first-order valence-corrected chi connectivity index (χ1v) is 6.58. The Kier molecular flexibility index (Phi) is 2.43. The molecule has 0 N–H and O–H groups in total. The molecule has 1 aromatic carbocycles. The van der Waals surface area contributed by atoms with Gasteiger partial charge in [-0.3, -0.25) is 0 Å². The van der Waals surface area contributed by atoms with E-state index in [0.717, 1.165) is 22.1 Å². The summed E-state index contributed by atoms with van der Waals surface area (Å²) in [6.45, 7) is 4.25. The summed E-state index contributed by atoms with van der Waals surface area (Å²) in [7, 11) is 0. The second-order valence-electron chi connectivity index (χ2n) is 4.59. The number of nitrogens with zero attached hydrogens (tertiary/aromatic N) is 1. The molecule has 0 bridgehead atoms. The third-order valence-corrected chi connectivity index (χ3v) is 4.37. The molecule has 1 aliphatic rings. The van der Waals surface area contributed by atoms with Gasteiger partial charge in [-0.2, -0.15) is 0 Å². The van der Waals surface area contributed by atoms with E-state index >= 15 is 0 Å². The van der Waals surface area contributed by atoms with Gasteiger partial charge in [0.25, 0.3) is 5.22 Å². The van der Waals surface area contributed by atoms with Crippen LogP contribution >= 0.6 is 11.8 Å². The van der Waals surface area contributed by atoms with Gasteiger partial charge in [0.1, 0.15) is 5.52 Å². The molecule has 1 aliphatic carbocycles. The van der Waals surface area contributed by atoms with Crippen LogP contribution < -0.4 is 0 Å². The number of oxazole rings is 1. The molecule has 2 aromatic rings. The molecule has 0 unspecified atom stereocenters. The molecule has 1 heterocycles. The fourth-order valence-corrected chi connectivity index (χ4v) is 2.98. The fraction of sp³-hybridized carbons (Fsp3) is 0.385. The van der Waals surface area contributed by atoms with Crippen LogP contribution in [0, 0.1) is 12.3 Å². The van der Waals surface area contributed by atoms with Gasteiger partial charge >= 0.3 is 0 Å². The molecule has 1 saturated carbocycles. The molecule has 0 spiro atoms. The van der Waals surface area contributed by atoms with Crippen molar-refractivity contribution in [3.8, 4) is 0 Å². The van der Waals surface area contributed by atoms with Crippen molar-refractivity contribution in [2.75, 3.05) is 5.75 Å². The van der Waals surface area contributed by atoms with E-state index in [1.54, 1.807) is 11.8 Å². The van der Waals surface area contributed by atoms with Gasteiger partial charge in [0.15, 0.2) is 5.58 Å². The van der Waals surface area contributed by atoms with Crippen LogP contribution in [-0.4, -0.2) is 10.7 Å². The molecule has 0 amide bonds. The van der Waals surface area contributed by atoms with Crippen molar-refractivity contribution in [1.82, 2.24) is 4.98 Å². The molecule has 1 fully saturated rings. The lowest BCUT2D eigenvalue weighted by Crippen LogP contribution is -2.28. The first-order chi connectivity index (χ1) is 7.75. The highest BCUT2D eigenvalue weighted by Crippen LogP contribution is 2.43. The number of thioether (sulfide) groups is 1. The largest absolute Gasteiger partial charge is 0.431 e. The molecule has 2 nitrogen and oxygen atoms in total. The first-order valence-electron chi connectivity index (χ1n) is 5.59. The van der Waals surface area contributed by atoms with E-state index < -0.39 is 0 Å². The number of hydrogen-bond donors (Lipinski definition) is 0. The topological polar surface area (TPSA) is 26.0 Å². The van der Waals surface area contributed by atoms with Gasteiger partial charge in [-0.1, -0.05) is 30.3 Å². The normalized spacial score (nSPS) is 18.6. The number of para-hydroxylation sites is 2. The smallest absolute Gasteiger partial charge is 0.256 e. The van der Waals surface area contributed by atoms with Gasteiger partial charge in [-0.25, -0.2) is 4.98 Å². The predicted molar refractivity (Wildman–Crippen MR) is 66.4 cm³/mol. The summed E-state index contributed by atoms with van der Waals surface area (Å²) in [6.07, 6.45) is 3.79. The number of benzene rings is 1. The van der Waals surface area contributed by atoms with E-state index in [1.165, 1.54) is 19.3 Å². The molecular formula is C13H14NOS. The summed E-state index contributed by atoms with van der Waals surface area (Å²) in [5.74, 6) is 1.01. The molecule has 83 valence electrons. The number of rotatable bonds is 3. The summed E-state index contributed by atoms with van der Waals surface area (Å²) in [6, 6.07) is 7.88. The van der Waals surface area contributed by atoms with Gasteiger partial charge < -0.3 is 4.42 Å². The quantitative estimate of drug-likeness (QED) is 0.750. The molecule has 1 radical (unpaired) electrons. The van der Waals surface area contributed by atoms with Crippen LogP contribution in [0.4, 0.5) is 0 Å². The highest BCUT2D eigenvalue weighted by molar-refractivity contribution is 7.99. The lowest BCUT2D eigenvalue weighted by atomic mass is 9.72. The average molecular weight is 232 g/mol. The summed E-state index contributed by atoms with van der Waals surface area (Å²) in [4.78, 5) is 4.44. The van der Waals surface area contributed by atoms with Gasteiger partial charge in [-0.05, 0) is 37.3 Å². The van der Waals surface area contributed by atoms with Gasteiger partial charge in [0, 0.05) is 5.75 Å². The standard InChI is InChI=1S/C13H14NOS/c1-13(7-4-8-13)9-16-12-14-10-5-2-3-6-11(10)15-12/h2-3,5-6H,1,4,7-9H2. The van der Waals surface area contributed by atoms with E-state index in [4.69, 9.17) is 4.42 Å². The molecule has 0 aliphatic heterocycles. The van der Waals surface area contributed by atoms with Crippen molar-refractivity contribution in [1.29, 1.82) is 0 Å². The molecule has 1 aromatic heterocycles. The Morgan fingerprint density at radius 1 is 1.38 bits per heavy atom. The minimum Gasteiger partial charge on any atom is -0.431 e. The van der Waals surface area contributed by atoms with Crippen LogP contribution in [0.15, 0.2) is 33.9 Å². The summed E-state index contributed by atoms with van der Waals surface area (Å²) >= 11 is 1.69. The molecule has 3 heteroatoms. The minimum absolute atomic E-state index is 0.269. The minimum atomic E-state index is 0.269. The Hall–Kier alpha value is -0.960. The van der Waals surface area contributed by atoms with E-state index in [-0.39, 0.29) is 5.41 Å². The van der Waals surface area contributed by atoms with Gasteiger partial charge in [0.05, 0.1) is 0 Å². The van der Waals surface area contributed by atoms with Crippen molar-refractivity contribution < 1.29 is 4.42 Å². The second kappa shape index (κ2) is 3.81. The van der Waals surface area contributed by atoms with Crippen molar-refractivity contribution in [3.05, 3.63) is 31.2 Å². The Morgan fingerprint density at radius 3 is 2.88 bits per heavy atom. The number of aromatic nitrogens is 1. The Bertz CT molecular complexity index is 468. The predicted octanol–water partition coefficient (Wildman–Crippen LogP) is 3.92. The Labute approximate surface area is 99.4 Å². The van der Waals surface area contributed by atoms with E-state index in [9.17, 15) is 0 Å². The lowest BCUT2D eigenvalue weighted by molar-refractivity contribution is 0.236. The van der Waals surface area contributed by atoms with Crippen molar-refractivity contribution >= 4 is 22.9 Å². The van der Waals surface area contributed by atoms with E-state index in [0.29, 0.717) is 0 Å². The highest BCUT2D eigenvalue weighted by Gasteiger charge is 2.32. The third-order valence-electron chi connectivity index (χ3n) is 3.19. The maximum absolute atomic E-state index is 5.66. The molecule has 0 saturated heterocycles. The average Bonchev–Trinajstić information content (AvgIpc) is 2.66. The summed E-state index contributed by atoms with van der Waals surface area (Å²) < 4.78 is 5.66. The fourth-order valence-electron chi connectivity index (χ4n) is 1.95. The van der Waals surface area contributed by atoms with E-state index in [1.807, 2.05) is 24.3 Å². The number of fused-ring (bicyclic) bond motifs is 1. The number of hydrogen-bond acceptors (Lipinski definition) is 3. The molecular weight excluding hydrogens is 218 g/mol. The SMILES string of the molecule is [CH2]C1(CSc2nc3ccccc3o2)CCC1. The van der Waals surface area contributed by atoms with Crippen LogP contribution in [0.5, 0.6) is 0 Å². The highest BCUT2D eigenvalue weighted by atomic mass is 32.2. The van der Waals surface area contributed by atoms with E-state index in [2.05, 4.69) is 11.9 Å². The molecule has 16 heavy (non-hydrogen) atoms. The molecule has 0 atom stereocenters. The first kappa shape index (κ1) is 10.2. The lowest BCUT2D eigenvalue weighted by Gasteiger charge is -2.37. The Morgan fingerprint density at radius 2 is 2.19 bits per heavy atom. The maximum atomic E-state index is 5.66. The van der Waals surface area contributed by atoms with Crippen LogP contribution in [0.3, 0.4) is 0 Å². The van der Waals surface area contributed by atoms with Crippen LogP contribution in [0.2, 0.25) is 0 Å². The van der Waals surface area contributed by atoms with Gasteiger partial charge in [-0.15, -0.1) is 0 Å². The summed E-state index contributed by atoms with van der Waals surface area (Å²) in [5.41, 5.74) is 2.08. The Balaban J connectivity index is 1.74. The monoisotopic (exact) mass is 232 g/mol. The third kappa shape index (κ3) is 1.84. The summed E-state index contributed by atoms with van der Waals surface area (Å²) in [5, 5.41) is 0.774. The van der Waals surface area contributed by atoms with Crippen LogP contribution in [0.25, 0.3) is 11.1 Å². The zero-order chi connectivity index (χ0) is 11.0.